The van der Waals surface area contributed by atoms with E-state index >= 15 is 0 Å². The summed E-state index contributed by atoms with van der Waals surface area (Å²) in [6.45, 7) is 7.56. The number of aromatic nitrogens is 1. The molecule has 1 atom stereocenters. The van der Waals surface area contributed by atoms with Gasteiger partial charge in [-0.3, -0.25) is 4.98 Å². The van der Waals surface area contributed by atoms with Gasteiger partial charge in [0, 0.05) is 34.3 Å². The average Bonchev–Trinajstić information content (AvgIpc) is 2.97. The van der Waals surface area contributed by atoms with Gasteiger partial charge in [-0.1, -0.05) is 6.07 Å². The highest BCUT2D eigenvalue weighted by Gasteiger charge is 2.21. The van der Waals surface area contributed by atoms with Gasteiger partial charge in [0.15, 0.2) is 0 Å². The van der Waals surface area contributed by atoms with Crippen molar-refractivity contribution in [3.8, 4) is 0 Å². The smallest absolute Gasteiger partial charge is 0.407 e. The van der Waals surface area contributed by atoms with Crippen LogP contribution in [0.1, 0.15) is 37.4 Å². The van der Waals surface area contributed by atoms with Crippen molar-refractivity contribution in [1.82, 2.24) is 10.3 Å². The summed E-state index contributed by atoms with van der Waals surface area (Å²) in [6.07, 6.45) is 1.20. The molecule has 0 bridgehead atoms. The van der Waals surface area contributed by atoms with Gasteiger partial charge < -0.3 is 20.5 Å². The number of fused-ring (bicyclic) bond motifs is 3. The van der Waals surface area contributed by atoms with Crippen molar-refractivity contribution in [1.29, 1.82) is 0 Å². The highest BCUT2D eigenvalue weighted by Crippen LogP contribution is 2.39. The van der Waals surface area contributed by atoms with E-state index in [2.05, 4.69) is 15.6 Å². The van der Waals surface area contributed by atoms with Crippen molar-refractivity contribution in [3.05, 3.63) is 35.3 Å². The van der Waals surface area contributed by atoms with Gasteiger partial charge in [0.1, 0.15) is 10.5 Å². The molecule has 2 heterocycles. The predicted molar refractivity (Wildman–Crippen MR) is 111 cm³/mol. The first-order valence-corrected chi connectivity index (χ1v) is 9.74. The first-order chi connectivity index (χ1) is 13.2. The number of aromatic carboxylic acids is 1. The van der Waals surface area contributed by atoms with Gasteiger partial charge in [0.05, 0.1) is 11.2 Å². The van der Waals surface area contributed by atoms with E-state index in [0.717, 1.165) is 21.0 Å². The summed E-state index contributed by atoms with van der Waals surface area (Å²) < 4.78 is 6.13. The molecule has 3 aromatic rings. The van der Waals surface area contributed by atoms with Crippen molar-refractivity contribution in [2.75, 3.05) is 11.9 Å². The average molecular weight is 401 g/mol. The zero-order valence-electron chi connectivity index (χ0n) is 16.2. The van der Waals surface area contributed by atoms with Gasteiger partial charge in [-0.05, 0) is 45.9 Å². The highest BCUT2D eigenvalue weighted by molar-refractivity contribution is 7.21. The summed E-state index contributed by atoms with van der Waals surface area (Å²) in [5, 5.41) is 17.3. The molecule has 1 amide bonds. The Bertz CT molecular complexity index is 1040. The Balaban J connectivity index is 1.87. The molecule has 8 heteroatoms. The Morgan fingerprint density at radius 1 is 1.29 bits per heavy atom. The zero-order chi connectivity index (χ0) is 20.5. The van der Waals surface area contributed by atoms with E-state index in [1.807, 2.05) is 31.2 Å². The second kappa shape index (κ2) is 7.63. The number of carbonyl (C=O) groups excluding carboxylic acids is 1. The molecular weight excluding hydrogens is 378 g/mol. The lowest BCUT2D eigenvalue weighted by Crippen LogP contribution is -2.40. The fourth-order valence-electron chi connectivity index (χ4n) is 2.88. The van der Waals surface area contributed by atoms with Crippen molar-refractivity contribution >= 4 is 50.1 Å². The number of thiophene rings is 1. The summed E-state index contributed by atoms with van der Waals surface area (Å²) in [4.78, 5) is 28.3. The number of nitrogens with zero attached hydrogens (tertiary/aromatic N) is 1. The largest absolute Gasteiger partial charge is 0.477 e. The van der Waals surface area contributed by atoms with Crippen LogP contribution in [0.3, 0.4) is 0 Å². The maximum atomic E-state index is 11.9. The Morgan fingerprint density at radius 2 is 2.04 bits per heavy atom. The number of benzene rings is 1. The lowest BCUT2D eigenvalue weighted by Gasteiger charge is -2.22. The van der Waals surface area contributed by atoms with Crippen LogP contribution < -0.4 is 10.6 Å². The van der Waals surface area contributed by atoms with Crippen LogP contribution in [0.4, 0.5) is 10.5 Å². The number of hydrogen-bond donors (Lipinski definition) is 3. The summed E-state index contributed by atoms with van der Waals surface area (Å²) in [5.74, 6) is -0.992. The minimum absolute atomic E-state index is 0.232. The Kier molecular flexibility index (Phi) is 5.42. The van der Waals surface area contributed by atoms with Gasteiger partial charge >= 0.3 is 12.1 Å². The van der Waals surface area contributed by atoms with Crippen LogP contribution in [0.5, 0.6) is 0 Å². The topological polar surface area (TPSA) is 101 Å². The van der Waals surface area contributed by atoms with E-state index in [-0.39, 0.29) is 10.9 Å². The predicted octanol–water partition coefficient (Wildman–Crippen LogP) is 4.47. The second-order valence-electron chi connectivity index (χ2n) is 7.55. The van der Waals surface area contributed by atoms with Gasteiger partial charge in [-0.25, -0.2) is 9.59 Å². The van der Waals surface area contributed by atoms with Crippen molar-refractivity contribution in [2.24, 2.45) is 0 Å². The summed E-state index contributed by atoms with van der Waals surface area (Å²) in [6, 6.07) is 7.26. The monoisotopic (exact) mass is 401 g/mol. The molecule has 0 aliphatic heterocycles. The van der Waals surface area contributed by atoms with E-state index in [9.17, 15) is 14.7 Å². The minimum atomic E-state index is -0.992. The number of hydrogen-bond acceptors (Lipinski definition) is 6. The summed E-state index contributed by atoms with van der Waals surface area (Å²) >= 11 is 1.22. The molecule has 0 saturated carbocycles. The number of carboxylic acids is 1. The number of ether oxygens (including phenoxy) is 1. The van der Waals surface area contributed by atoms with E-state index in [4.69, 9.17) is 4.74 Å². The molecule has 0 radical (unpaired) electrons. The lowest BCUT2D eigenvalue weighted by molar-refractivity contribution is 0.0510. The summed E-state index contributed by atoms with van der Waals surface area (Å²) in [5.41, 5.74) is 0.764. The van der Waals surface area contributed by atoms with Crippen LogP contribution in [-0.2, 0) is 4.74 Å². The van der Waals surface area contributed by atoms with Gasteiger partial charge in [-0.15, -0.1) is 11.3 Å². The van der Waals surface area contributed by atoms with Crippen molar-refractivity contribution < 1.29 is 19.4 Å². The molecule has 0 fully saturated rings. The second-order valence-corrected chi connectivity index (χ2v) is 8.60. The van der Waals surface area contributed by atoms with E-state index in [1.165, 1.54) is 11.3 Å². The van der Waals surface area contributed by atoms with Crippen LogP contribution in [0, 0.1) is 0 Å². The zero-order valence-corrected chi connectivity index (χ0v) is 17.0. The first-order valence-electron chi connectivity index (χ1n) is 8.92. The van der Waals surface area contributed by atoms with Crippen molar-refractivity contribution in [2.45, 2.75) is 39.3 Å². The molecule has 28 heavy (non-hydrogen) atoms. The lowest BCUT2D eigenvalue weighted by atomic mass is 10.1. The van der Waals surface area contributed by atoms with Crippen LogP contribution in [-0.4, -0.2) is 40.3 Å². The van der Waals surface area contributed by atoms with E-state index in [0.29, 0.717) is 12.2 Å². The quantitative estimate of drug-likeness (QED) is 0.583. The normalized spacial score (nSPS) is 12.7. The van der Waals surface area contributed by atoms with Crippen LogP contribution >= 0.6 is 11.3 Å². The third-order valence-electron chi connectivity index (χ3n) is 3.98. The minimum Gasteiger partial charge on any atom is -0.477 e. The maximum absolute atomic E-state index is 11.9. The molecule has 7 nitrogen and oxygen atoms in total. The standard InChI is InChI=1S/C20H23N3O4S/c1-11(23-19(26)27-20(2,3)4)10-22-16-15-12-6-5-9-21-13(12)7-8-14(15)28-17(16)18(24)25/h5-9,11,22H,10H2,1-4H3,(H,23,26)(H,24,25). The van der Waals surface area contributed by atoms with E-state index in [1.54, 1.807) is 27.0 Å². The number of amides is 1. The fraction of sp³-hybridized carbons (Fsp3) is 0.350. The van der Waals surface area contributed by atoms with Crippen LogP contribution in [0.15, 0.2) is 30.5 Å². The number of anilines is 1. The Labute approximate surface area is 166 Å². The fourth-order valence-corrected chi connectivity index (χ4v) is 3.92. The van der Waals surface area contributed by atoms with Gasteiger partial charge in [-0.2, -0.15) is 0 Å². The number of alkyl carbamates (subject to hydrolysis) is 1. The molecule has 148 valence electrons. The molecule has 3 rings (SSSR count). The maximum Gasteiger partial charge on any atom is 0.407 e. The number of rotatable bonds is 5. The molecule has 0 spiro atoms. The summed E-state index contributed by atoms with van der Waals surface area (Å²) in [7, 11) is 0. The first kappa shape index (κ1) is 19.9. The molecule has 0 saturated heterocycles. The molecule has 1 unspecified atom stereocenters. The van der Waals surface area contributed by atoms with Crippen LogP contribution in [0.25, 0.3) is 21.0 Å². The van der Waals surface area contributed by atoms with Crippen molar-refractivity contribution in [3.63, 3.8) is 0 Å². The molecule has 0 aliphatic rings. The molecule has 1 aromatic carbocycles. The number of pyridine rings is 1. The molecule has 2 aromatic heterocycles. The third-order valence-corrected chi connectivity index (χ3v) is 5.12. The van der Waals surface area contributed by atoms with E-state index < -0.39 is 17.7 Å². The van der Waals surface area contributed by atoms with Crippen LogP contribution in [0.2, 0.25) is 0 Å². The Hall–Kier alpha value is -2.87. The number of nitrogens with one attached hydrogen (secondary N) is 2. The number of carbonyl (C=O) groups is 2. The molecule has 0 aliphatic carbocycles. The molecule has 3 N–H and O–H groups in total. The highest BCUT2D eigenvalue weighted by atomic mass is 32.1. The Morgan fingerprint density at radius 3 is 2.71 bits per heavy atom. The van der Waals surface area contributed by atoms with Gasteiger partial charge in [0.25, 0.3) is 0 Å². The molecular formula is C20H23N3O4S. The SMILES string of the molecule is CC(CNc1c(C(=O)O)sc2ccc3ncccc3c12)NC(=O)OC(C)(C)C. The van der Waals surface area contributed by atoms with Gasteiger partial charge in [0.2, 0.25) is 0 Å². The number of carboxylic acid groups (broad SMARTS) is 1. The third kappa shape index (κ3) is 4.33.